The summed E-state index contributed by atoms with van der Waals surface area (Å²) in [6.07, 6.45) is 3.48. The lowest BCUT2D eigenvalue weighted by molar-refractivity contribution is -0.385. The van der Waals surface area contributed by atoms with E-state index in [1.54, 1.807) is 36.7 Å². The number of nitro groups is 2. The molecule has 2 aromatic carbocycles. The summed E-state index contributed by atoms with van der Waals surface area (Å²) < 4.78 is 11.3. The van der Waals surface area contributed by atoms with Gasteiger partial charge in [0.25, 0.3) is 21.8 Å². The van der Waals surface area contributed by atoms with Crippen LogP contribution in [-0.2, 0) is 11.5 Å². The van der Waals surface area contributed by atoms with Crippen molar-refractivity contribution >= 4 is 58.0 Å². The molecule has 0 aliphatic rings. The molecule has 6 rings (SSSR count). The molecule has 0 unspecified atom stereocenters. The molecule has 0 N–H and O–H groups in total. The first-order chi connectivity index (χ1) is 25.8. The molecule has 20 heteroatoms. The minimum absolute atomic E-state index is 0.00605. The highest BCUT2D eigenvalue weighted by Crippen LogP contribution is 2.31. The molecule has 4 heterocycles. The predicted octanol–water partition coefficient (Wildman–Crippen LogP) is 8.30. The number of aromatic nitrogens is 8. The maximum Gasteiger partial charge on any atom is 0.277 e. The average molecular weight is 769 g/mol. The van der Waals surface area contributed by atoms with Crippen LogP contribution >= 0.6 is 23.5 Å². The van der Waals surface area contributed by atoms with Crippen LogP contribution in [-0.4, -0.2) is 61.6 Å². The maximum absolute atomic E-state index is 10.7. The van der Waals surface area contributed by atoms with Crippen LogP contribution in [0.25, 0.3) is 22.9 Å². The minimum atomic E-state index is -0.458. The topological polar surface area (TPSA) is 240 Å². The van der Waals surface area contributed by atoms with Gasteiger partial charge in [-0.15, -0.1) is 20.4 Å². The van der Waals surface area contributed by atoms with Crippen LogP contribution in [0.4, 0.5) is 23.0 Å². The van der Waals surface area contributed by atoms with Gasteiger partial charge in [-0.3, -0.25) is 20.2 Å². The van der Waals surface area contributed by atoms with Crippen LogP contribution in [0.3, 0.4) is 0 Å². The summed E-state index contributed by atoms with van der Waals surface area (Å²) in [7, 11) is 0. The van der Waals surface area contributed by atoms with Gasteiger partial charge in [-0.1, -0.05) is 23.5 Å². The molecule has 0 saturated heterocycles. The fourth-order valence-electron chi connectivity index (χ4n) is 4.29. The van der Waals surface area contributed by atoms with E-state index in [-0.39, 0.29) is 11.4 Å². The van der Waals surface area contributed by atoms with Gasteiger partial charge >= 0.3 is 0 Å². The summed E-state index contributed by atoms with van der Waals surface area (Å²) in [6, 6.07) is 11.9. The van der Waals surface area contributed by atoms with E-state index < -0.39 is 9.85 Å². The molecule has 0 aliphatic heterocycles. The van der Waals surface area contributed by atoms with Gasteiger partial charge in [0, 0.05) is 81.8 Å². The fourth-order valence-corrected chi connectivity index (χ4v) is 5.72. The highest BCUT2D eigenvalue weighted by molar-refractivity contribution is 7.98. The number of non-ortho nitro benzene ring substituents is 2. The normalized spacial score (nSPS) is 10.6. The van der Waals surface area contributed by atoms with Crippen LogP contribution < -0.4 is 0 Å². The van der Waals surface area contributed by atoms with Crippen LogP contribution in [0.5, 0.6) is 0 Å². The summed E-state index contributed by atoms with van der Waals surface area (Å²) >= 11 is 2.69. The van der Waals surface area contributed by atoms with Crippen molar-refractivity contribution in [1.29, 1.82) is 0 Å². The molecule has 0 amide bonds. The molecule has 18 nitrogen and oxygen atoms in total. The van der Waals surface area contributed by atoms with E-state index in [4.69, 9.17) is 8.83 Å². The van der Waals surface area contributed by atoms with Crippen molar-refractivity contribution in [1.82, 2.24) is 40.3 Å². The summed E-state index contributed by atoms with van der Waals surface area (Å²) in [5, 5.41) is 38.2. The molecule has 0 bridgehead atoms. The first-order valence-electron chi connectivity index (χ1n) is 16.0. The maximum atomic E-state index is 10.7. The minimum Gasteiger partial charge on any atom is -0.411 e. The molecule has 54 heavy (non-hydrogen) atoms. The molecule has 4 aromatic heterocycles. The Balaban J connectivity index is 0.000000208. The zero-order valence-electron chi connectivity index (χ0n) is 29.8. The van der Waals surface area contributed by atoms with Crippen molar-refractivity contribution < 1.29 is 18.7 Å². The zero-order valence-corrected chi connectivity index (χ0v) is 31.5. The van der Waals surface area contributed by atoms with Crippen LogP contribution in [0, 0.1) is 34.1 Å². The number of hydrogen-bond donors (Lipinski definition) is 0. The lowest BCUT2D eigenvalue weighted by atomic mass is 10.2. The second-order valence-corrected chi connectivity index (χ2v) is 13.4. The lowest BCUT2D eigenvalue weighted by Gasteiger charge is -2.04. The summed E-state index contributed by atoms with van der Waals surface area (Å²) in [4.78, 5) is 46.6. The average Bonchev–Trinajstić information content (AvgIpc) is 3.81. The van der Waals surface area contributed by atoms with E-state index >= 15 is 0 Å². The Labute approximate surface area is 316 Å². The monoisotopic (exact) mass is 768 g/mol. The van der Waals surface area contributed by atoms with Crippen LogP contribution in [0.1, 0.15) is 50.5 Å². The van der Waals surface area contributed by atoms with Gasteiger partial charge in [-0.2, -0.15) is 0 Å². The zero-order chi connectivity index (χ0) is 38.8. The first kappa shape index (κ1) is 38.9. The molecule has 6 aromatic rings. The van der Waals surface area contributed by atoms with E-state index in [1.807, 2.05) is 41.5 Å². The third kappa shape index (κ3) is 10.9. The lowest BCUT2D eigenvalue weighted by Crippen LogP contribution is -1.94. The number of aryl methyl sites for hydroxylation is 2. The molecule has 0 spiro atoms. The number of rotatable bonds is 12. The van der Waals surface area contributed by atoms with Gasteiger partial charge in [0.15, 0.2) is 11.6 Å². The third-order valence-corrected chi connectivity index (χ3v) is 8.48. The Morgan fingerprint density at radius 1 is 0.630 bits per heavy atom. The van der Waals surface area contributed by atoms with Crippen molar-refractivity contribution in [2.24, 2.45) is 9.98 Å². The Hall–Kier alpha value is -6.28. The van der Waals surface area contributed by atoms with Crippen molar-refractivity contribution in [2.45, 2.75) is 63.5 Å². The first-order valence-corrected chi connectivity index (χ1v) is 17.9. The second-order valence-electron chi connectivity index (χ2n) is 11.6. The Kier molecular flexibility index (Phi) is 13.0. The molecular formula is C34H32N12O6S2. The third-order valence-electron chi connectivity index (χ3n) is 6.75. The predicted molar refractivity (Wildman–Crippen MR) is 202 cm³/mol. The summed E-state index contributed by atoms with van der Waals surface area (Å²) in [5.74, 6) is 4.22. The van der Waals surface area contributed by atoms with Gasteiger partial charge in [0.1, 0.15) is 11.6 Å². The number of aliphatic imine (C=N–C) groups is 2. The fraction of sp³-hybridized carbons (Fsp3) is 0.235. The van der Waals surface area contributed by atoms with Crippen molar-refractivity contribution in [2.75, 3.05) is 0 Å². The Bertz CT molecular complexity index is 2160. The highest BCUT2D eigenvalue weighted by Gasteiger charge is 2.15. The SMILES string of the molecule is CC(C)=Nc1nc(C)ncc1CSc1nnc(-c2ccc([N+](=O)[O-])cc2)o1.CC(C)=Nc1nc(C)ncc1CSc1nnc(-c2ccc([N+](=O)[O-])cc2)o1. The molecule has 0 aliphatic carbocycles. The molecule has 276 valence electrons. The molecule has 0 atom stereocenters. The standard InChI is InChI=1S/2C17H16N6O3S/c2*1-10(2)19-15-13(8-18-11(3)20-15)9-27-17-22-21-16(26-17)12-4-6-14(7-5-12)23(24)25/h2*4-8H,9H2,1-3H3. The number of nitro benzene ring substituents is 2. The van der Waals surface area contributed by atoms with Gasteiger partial charge in [0.05, 0.1) is 9.85 Å². The Morgan fingerprint density at radius 3 is 1.33 bits per heavy atom. The molecular weight excluding hydrogens is 737 g/mol. The largest absolute Gasteiger partial charge is 0.411 e. The Morgan fingerprint density at radius 2 is 1.00 bits per heavy atom. The number of nitrogens with zero attached hydrogens (tertiary/aromatic N) is 12. The summed E-state index contributed by atoms with van der Waals surface area (Å²) in [6.45, 7) is 11.3. The quantitative estimate of drug-likeness (QED) is 0.0492. The highest BCUT2D eigenvalue weighted by atomic mass is 32.2. The smallest absolute Gasteiger partial charge is 0.277 e. The van der Waals surface area contributed by atoms with E-state index in [0.717, 1.165) is 22.6 Å². The van der Waals surface area contributed by atoms with Crippen LogP contribution in [0.15, 0.2) is 90.2 Å². The van der Waals surface area contributed by atoms with Gasteiger partial charge < -0.3 is 8.83 Å². The number of thioether (sulfide) groups is 2. The van der Waals surface area contributed by atoms with E-state index in [0.29, 0.717) is 68.1 Å². The second kappa shape index (κ2) is 18.0. The van der Waals surface area contributed by atoms with E-state index in [2.05, 4.69) is 50.3 Å². The van der Waals surface area contributed by atoms with Crippen molar-refractivity contribution in [3.8, 4) is 22.9 Å². The van der Waals surface area contributed by atoms with E-state index in [1.165, 1.54) is 47.8 Å². The van der Waals surface area contributed by atoms with Gasteiger partial charge in [0.2, 0.25) is 11.8 Å². The summed E-state index contributed by atoms with van der Waals surface area (Å²) in [5.41, 5.74) is 4.77. The van der Waals surface area contributed by atoms with Crippen molar-refractivity contribution in [3.05, 3.63) is 104 Å². The number of hydrogen-bond acceptors (Lipinski definition) is 18. The number of benzene rings is 2. The van der Waals surface area contributed by atoms with Gasteiger partial charge in [-0.05, 0) is 65.8 Å². The van der Waals surface area contributed by atoms with Crippen molar-refractivity contribution in [3.63, 3.8) is 0 Å². The molecule has 0 saturated carbocycles. The van der Waals surface area contributed by atoms with Crippen LogP contribution in [0.2, 0.25) is 0 Å². The molecule has 0 radical (unpaired) electrons. The van der Waals surface area contributed by atoms with E-state index in [9.17, 15) is 20.2 Å². The molecule has 0 fully saturated rings. The van der Waals surface area contributed by atoms with Gasteiger partial charge in [-0.25, -0.2) is 29.9 Å².